The van der Waals surface area contributed by atoms with Gasteiger partial charge in [-0.15, -0.1) is 0 Å². The second-order valence-corrected chi connectivity index (χ2v) is 3.54. The maximum absolute atomic E-state index is 11.3. The van der Waals surface area contributed by atoms with Crippen LogP contribution >= 0.6 is 0 Å². The maximum Gasteiger partial charge on any atom is 0.305 e. The van der Waals surface area contributed by atoms with Crippen molar-refractivity contribution >= 4 is 11.8 Å². The van der Waals surface area contributed by atoms with E-state index in [-0.39, 0.29) is 12.8 Å². The van der Waals surface area contributed by atoms with Crippen LogP contribution in [0.1, 0.15) is 26.7 Å². The molecule has 8 N–H and O–H groups in total. The number of ketones is 1. The molecule has 0 amide bonds. The lowest BCUT2D eigenvalue weighted by molar-refractivity contribution is -0.159. The smallest absolute Gasteiger partial charge is 0.305 e. The zero-order chi connectivity index (χ0) is 12.3. The minimum Gasteiger partial charge on any atom is -0.431 e. The molecule has 88 valence electrons. The fourth-order valence-corrected chi connectivity index (χ4v) is 1.19. The largest absolute Gasteiger partial charge is 0.431 e. The van der Waals surface area contributed by atoms with Crippen molar-refractivity contribution in [2.24, 2.45) is 22.9 Å². The van der Waals surface area contributed by atoms with Gasteiger partial charge >= 0.3 is 5.97 Å². The Morgan fingerprint density at radius 2 is 1.67 bits per heavy atom. The van der Waals surface area contributed by atoms with E-state index in [9.17, 15) is 9.59 Å². The molecule has 15 heavy (non-hydrogen) atoms. The van der Waals surface area contributed by atoms with E-state index in [1.807, 2.05) is 0 Å². The van der Waals surface area contributed by atoms with Crippen LogP contribution in [-0.2, 0) is 14.3 Å². The third-order valence-electron chi connectivity index (χ3n) is 1.74. The van der Waals surface area contributed by atoms with Crippen molar-refractivity contribution in [1.82, 2.24) is 0 Å². The number of Topliss-reactive ketones (excluding diaryl/α,β-unsaturated/α-hetero) is 1. The number of rotatable bonds is 5. The molecule has 0 fully saturated rings. The van der Waals surface area contributed by atoms with Crippen LogP contribution in [0.15, 0.2) is 0 Å². The second-order valence-electron chi connectivity index (χ2n) is 3.54. The summed E-state index contributed by atoms with van der Waals surface area (Å²) < 4.78 is 4.57. The Morgan fingerprint density at radius 1 is 1.20 bits per heavy atom. The van der Waals surface area contributed by atoms with Crippen LogP contribution in [-0.4, -0.2) is 23.3 Å². The predicted octanol–water partition coefficient (Wildman–Crippen LogP) is -1.90. The first kappa shape index (κ1) is 14.0. The van der Waals surface area contributed by atoms with Crippen LogP contribution in [0.5, 0.6) is 0 Å². The Kier molecular flexibility index (Phi) is 4.35. The van der Waals surface area contributed by atoms with E-state index in [2.05, 4.69) is 4.74 Å². The predicted molar refractivity (Wildman–Crippen MR) is 53.9 cm³/mol. The Bertz CT molecular complexity index is 263. The summed E-state index contributed by atoms with van der Waals surface area (Å²) in [4.78, 5) is 21.9. The zero-order valence-electron chi connectivity index (χ0n) is 8.95. The van der Waals surface area contributed by atoms with E-state index in [0.29, 0.717) is 0 Å². The Hall–Kier alpha value is -1.02. The summed E-state index contributed by atoms with van der Waals surface area (Å²) in [5, 5.41) is 0. The van der Waals surface area contributed by atoms with Crippen molar-refractivity contribution < 1.29 is 14.3 Å². The molecule has 0 radical (unpaired) electrons. The molecule has 0 aromatic rings. The van der Waals surface area contributed by atoms with Gasteiger partial charge < -0.3 is 16.2 Å². The highest BCUT2D eigenvalue weighted by Crippen LogP contribution is 2.12. The van der Waals surface area contributed by atoms with Gasteiger partial charge in [-0.05, 0) is 0 Å². The minimum absolute atomic E-state index is 0.156. The quantitative estimate of drug-likeness (QED) is 0.311. The van der Waals surface area contributed by atoms with Crippen LogP contribution in [0.4, 0.5) is 0 Å². The number of hydrogen-bond acceptors (Lipinski definition) is 7. The van der Waals surface area contributed by atoms with Gasteiger partial charge in [0, 0.05) is 13.3 Å². The van der Waals surface area contributed by atoms with Crippen molar-refractivity contribution in [3.05, 3.63) is 0 Å². The van der Waals surface area contributed by atoms with Crippen LogP contribution < -0.4 is 22.9 Å². The molecular formula is C8H18N4O3. The first-order chi connectivity index (χ1) is 6.60. The van der Waals surface area contributed by atoms with E-state index in [1.165, 1.54) is 0 Å². The fourth-order valence-electron chi connectivity index (χ4n) is 1.19. The van der Waals surface area contributed by atoms with E-state index in [0.717, 1.165) is 6.92 Å². The zero-order valence-corrected chi connectivity index (χ0v) is 8.95. The van der Waals surface area contributed by atoms with Gasteiger partial charge in [-0.1, -0.05) is 6.92 Å². The van der Waals surface area contributed by atoms with Crippen molar-refractivity contribution in [2.45, 2.75) is 38.2 Å². The van der Waals surface area contributed by atoms with Gasteiger partial charge in [0.25, 0.3) is 0 Å². The number of carbonyl (C=O) groups is 2. The minimum atomic E-state index is -1.83. The molecule has 7 nitrogen and oxygen atoms in total. The third-order valence-corrected chi connectivity index (χ3v) is 1.74. The molecule has 0 atom stereocenters. The van der Waals surface area contributed by atoms with E-state index < -0.39 is 23.3 Å². The number of esters is 1. The molecule has 0 heterocycles. The fraction of sp³-hybridized carbons (Fsp3) is 0.750. The van der Waals surface area contributed by atoms with E-state index in [4.69, 9.17) is 22.9 Å². The van der Waals surface area contributed by atoms with Crippen molar-refractivity contribution in [1.29, 1.82) is 0 Å². The van der Waals surface area contributed by atoms with Gasteiger partial charge in [0.15, 0.2) is 5.78 Å². The first-order valence-corrected chi connectivity index (χ1v) is 4.49. The van der Waals surface area contributed by atoms with Gasteiger partial charge in [0.1, 0.15) is 5.66 Å². The SMILES string of the molecule is CCC(=O)C(N)(N)CC(N)(N)OC(C)=O. The van der Waals surface area contributed by atoms with Crippen molar-refractivity contribution in [2.75, 3.05) is 0 Å². The molecule has 0 aromatic carbocycles. The molecule has 0 rings (SSSR count). The lowest BCUT2D eigenvalue weighted by Gasteiger charge is -2.31. The summed E-state index contributed by atoms with van der Waals surface area (Å²) in [7, 11) is 0. The number of carbonyl (C=O) groups excluding carboxylic acids is 2. The molecule has 0 unspecified atom stereocenters. The topological polar surface area (TPSA) is 147 Å². The average molecular weight is 218 g/mol. The first-order valence-electron chi connectivity index (χ1n) is 4.49. The highest BCUT2D eigenvalue weighted by atomic mass is 16.6. The van der Waals surface area contributed by atoms with Gasteiger partial charge in [0.05, 0.1) is 6.42 Å². The summed E-state index contributed by atoms with van der Waals surface area (Å²) in [5.74, 6) is -2.91. The Balaban J connectivity index is 4.56. The molecule has 0 aliphatic heterocycles. The van der Waals surface area contributed by atoms with Crippen LogP contribution in [0.2, 0.25) is 0 Å². The normalized spacial score (nSPS) is 12.4. The van der Waals surface area contributed by atoms with Gasteiger partial charge in [-0.2, -0.15) is 0 Å². The molecule has 0 aliphatic rings. The van der Waals surface area contributed by atoms with Gasteiger partial charge in [0.2, 0.25) is 5.85 Å². The monoisotopic (exact) mass is 218 g/mol. The standard InChI is InChI=1S/C8H18N4O3/c1-3-6(14)7(9,10)4-8(11,12)15-5(2)13/h3-4,9-12H2,1-2H3. The van der Waals surface area contributed by atoms with Gasteiger partial charge in [-0.25, -0.2) is 0 Å². The Labute approximate surface area is 88.1 Å². The second kappa shape index (κ2) is 4.67. The van der Waals surface area contributed by atoms with E-state index >= 15 is 0 Å². The molecule has 0 aromatic heterocycles. The molecule has 7 heteroatoms. The van der Waals surface area contributed by atoms with Gasteiger partial charge in [-0.3, -0.25) is 21.1 Å². The molecular weight excluding hydrogens is 200 g/mol. The highest BCUT2D eigenvalue weighted by molar-refractivity contribution is 5.87. The molecule has 0 saturated carbocycles. The lowest BCUT2D eigenvalue weighted by Crippen LogP contribution is -2.66. The third kappa shape index (κ3) is 4.84. The van der Waals surface area contributed by atoms with Crippen LogP contribution in [0.25, 0.3) is 0 Å². The summed E-state index contributed by atoms with van der Waals surface area (Å²) in [6, 6.07) is 0. The summed E-state index contributed by atoms with van der Waals surface area (Å²) in [6.07, 6.45) is -0.185. The average Bonchev–Trinajstić information content (AvgIpc) is 1.97. The Morgan fingerprint density at radius 3 is 2.00 bits per heavy atom. The van der Waals surface area contributed by atoms with E-state index in [1.54, 1.807) is 6.92 Å². The highest BCUT2D eigenvalue weighted by Gasteiger charge is 2.37. The van der Waals surface area contributed by atoms with Crippen LogP contribution in [0.3, 0.4) is 0 Å². The van der Waals surface area contributed by atoms with Crippen molar-refractivity contribution in [3.63, 3.8) is 0 Å². The number of nitrogens with two attached hydrogens (primary N) is 4. The number of ether oxygens (including phenoxy) is 1. The molecule has 0 bridgehead atoms. The number of hydrogen-bond donors (Lipinski definition) is 4. The van der Waals surface area contributed by atoms with Crippen LogP contribution in [0, 0.1) is 0 Å². The van der Waals surface area contributed by atoms with Crippen molar-refractivity contribution in [3.8, 4) is 0 Å². The summed E-state index contributed by atoms with van der Waals surface area (Å²) in [6.45, 7) is 2.75. The summed E-state index contributed by atoms with van der Waals surface area (Å²) in [5.41, 5.74) is 20.2. The molecule has 0 saturated heterocycles. The maximum atomic E-state index is 11.3. The molecule has 0 spiro atoms. The summed E-state index contributed by atoms with van der Waals surface area (Å²) >= 11 is 0. The molecule has 0 aliphatic carbocycles. The lowest BCUT2D eigenvalue weighted by atomic mass is 9.98.